The van der Waals surface area contributed by atoms with Gasteiger partial charge >= 0.3 is 5.97 Å². The molecule has 1 heterocycles. The van der Waals surface area contributed by atoms with Gasteiger partial charge in [-0.1, -0.05) is 0 Å². The summed E-state index contributed by atoms with van der Waals surface area (Å²) >= 11 is 1.79. The van der Waals surface area contributed by atoms with Crippen LogP contribution in [-0.4, -0.2) is 42.8 Å². The summed E-state index contributed by atoms with van der Waals surface area (Å²) in [5, 5.41) is 11.8. The second-order valence-electron chi connectivity index (χ2n) is 3.63. The van der Waals surface area contributed by atoms with E-state index >= 15 is 0 Å². The zero-order chi connectivity index (χ0) is 13.2. The van der Waals surface area contributed by atoms with Crippen molar-refractivity contribution in [3.63, 3.8) is 0 Å². The van der Waals surface area contributed by atoms with E-state index in [0.29, 0.717) is 6.54 Å². The van der Waals surface area contributed by atoms with E-state index in [0.717, 1.165) is 30.0 Å². The van der Waals surface area contributed by atoms with Crippen LogP contribution in [0.1, 0.15) is 22.5 Å². The van der Waals surface area contributed by atoms with E-state index in [1.807, 2.05) is 0 Å². The van der Waals surface area contributed by atoms with Crippen molar-refractivity contribution in [2.24, 2.45) is 0 Å². The van der Waals surface area contributed by atoms with Crippen molar-refractivity contribution in [1.82, 2.24) is 5.32 Å². The molecule has 1 rings (SSSR count). The summed E-state index contributed by atoms with van der Waals surface area (Å²) in [6.07, 6.45) is 2.32. The lowest BCUT2D eigenvalue weighted by Crippen LogP contribution is -2.18. The minimum atomic E-state index is -0.450. The monoisotopic (exact) mass is 273 g/mol. The van der Waals surface area contributed by atoms with Crippen LogP contribution in [0.5, 0.6) is 0 Å². The first-order chi connectivity index (χ1) is 8.79. The van der Waals surface area contributed by atoms with Gasteiger partial charge in [0.2, 0.25) is 5.76 Å². The van der Waals surface area contributed by atoms with E-state index in [2.05, 4.69) is 10.1 Å². The Hall–Kier alpha value is -0.980. The fourth-order valence-electron chi connectivity index (χ4n) is 1.38. The predicted octanol–water partition coefficient (Wildman–Crippen LogP) is 1.27. The summed E-state index contributed by atoms with van der Waals surface area (Å²) in [4.78, 5) is 11.3. The molecule has 18 heavy (non-hydrogen) atoms. The number of aliphatic hydroxyl groups is 1. The van der Waals surface area contributed by atoms with Crippen LogP contribution in [0.15, 0.2) is 16.7 Å². The van der Waals surface area contributed by atoms with Crippen molar-refractivity contribution >= 4 is 17.7 Å². The highest BCUT2D eigenvalue weighted by molar-refractivity contribution is 7.99. The number of hydrogen-bond acceptors (Lipinski definition) is 6. The molecule has 0 radical (unpaired) electrons. The van der Waals surface area contributed by atoms with Crippen LogP contribution in [0.4, 0.5) is 0 Å². The Labute approximate surface area is 111 Å². The van der Waals surface area contributed by atoms with Gasteiger partial charge in [0.1, 0.15) is 0 Å². The summed E-state index contributed by atoms with van der Waals surface area (Å²) in [6.45, 7) is 1.68. The zero-order valence-electron chi connectivity index (χ0n) is 10.5. The molecule has 6 heteroatoms. The van der Waals surface area contributed by atoms with Gasteiger partial charge in [-0.2, -0.15) is 11.8 Å². The Kier molecular flexibility index (Phi) is 7.55. The molecule has 0 aliphatic heterocycles. The maximum Gasteiger partial charge on any atom is 0.374 e. The van der Waals surface area contributed by atoms with Crippen molar-refractivity contribution in [2.75, 3.05) is 31.8 Å². The Morgan fingerprint density at radius 3 is 3.11 bits per heavy atom. The van der Waals surface area contributed by atoms with Gasteiger partial charge in [-0.05, 0) is 18.2 Å². The molecule has 0 fully saturated rings. The molecule has 2 N–H and O–H groups in total. The number of furan rings is 1. The third-order valence-electron chi connectivity index (χ3n) is 2.30. The summed E-state index contributed by atoms with van der Waals surface area (Å²) in [7, 11) is 1.33. The van der Waals surface area contributed by atoms with Crippen LogP contribution < -0.4 is 5.32 Å². The van der Waals surface area contributed by atoms with Crippen LogP contribution in [0.25, 0.3) is 0 Å². The number of carbonyl (C=O) groups is 1. The van der Waals surface area contributed by atoms with E-state index in [-0.39, 0.29) is 12.4 Å². The van der Waals surface area contributed by atoms with E-state index in [4.69, 9.17) is 9.52 Å². The quantitative estimate of drug-likeness (QED) is 0.521. The van der Waals surface area contributed by atoms with Crippen molar-refractivity contribution < 1.29 is 19.1 Å². The van der Waals surface area contributed by atoms with Crippen LogP contribution in [0.3, 0.4) is 0 Å². The summed E-state index contributed by atoms with van der Waals surface area (Å²) < 4.78 is 9.70. The molecule has 1 aromatic heterocycles. The van der Waals surface area contributed by atoms with E-state index < -0.39 is 5.97 Å². The number of rotatable bonds is 9. The molecular formula is C12H19NO4S. The molecule has 0 bridgehead atoms. The lowest BCUT2D eigenvalue weighted by molar-refractivity contribution is 0.0563. The predicted molar refractivity (Wildman–Crippen MR) is 70.8 cm³/mol. The molecule has 0 aliphatic carbocycles. The number of aliphatic hydroxyl groups excluding tert-OH is 1. The van der Waals surface area contributed by atoms with Gasteiger partial charge < -0.3 is 19.6 Å². The van der Waals surface area contributed by atoms with Gasteiger partial charge in [0.25, 0.3) is 0 Å². The molecule has 5 nitrogen and oxygen atoms in total. The van der Waals surface area contributed by atoms with E-state index in [1.54, 1.807) is 17.8 Å². The van der Waals surface area contributed by atoms with E-state index in [1.165, 1.54) is 13.4 Å². The Morgan fingerprint density at radius 1 is 1.56 bits per heavy atom. The highest BCUT2D eigenvalue weighted by Gasteiger charge is 2.14. The third kappa shape index (κ3) is 5.12. The normalized spacial score (nSPS) is 10.6. The van der Waals surface area contributed by atoms with Gasteiger partial charge in [-0.25, -0.2) is 4.79 Å². The Bertz CT molecular complexity index is 354. The Balaban J connectivity index is 2.19. The van der Waals surface area contributed by atoms with Gasteiger partial charge in [0.15, 0.2) is 0 Å². The summed E-state index contributed by atoms with van der Waals surface area (Å²) in [6, 6.07) is 1.76. The maximum absolute atomic E-state index is 11.3. The number of nitrogens with one attached hydrogen (secondary N) is 1. The SMILES string of the molecule is COC(=O)c1occc1CNCCSCCCO. The highest BCUT2D eigenvalue weighted by atomic mass is 32.2. The minimum absolute atomic E-state index is 0.248. The number of esters is 1. The fraction of sp³-hybridized carbons (Fsp3) is 0.583. The van der Waals surface area contributed by atoms with Gasteiger partial charge in [-0.15, -0.1) is 0 Å². The molecule has 0 atom stereocenters. The second kappa shape index (κ2) is 9.02. The third-order valence-corrected chi connectivity index (χ3v) is 3.37. The number of thioether (sulfide) groups is 1. The van der Waals surface area contributed by atoms with Gasteiger partial charge in [0.05, 0.1) is 13.4 Å². The number of carbonyl (C=O) groups excluding carboxylic acids is 1. The molecule has 0 saturated carbocycles. The molecule has 0 aromatic carbocycles. The molecule has 0 aliphatic rings. The summed E-state index contributed by atoms with van der Waals surface area (Å²) in [5.74, 6) is 1.76. The standard InChI is InChI=1S/C12H19NO4S/c1-16-12(15)11-10(3-6-17-11)9-13-4-8-18-7-2-5-14/h3,6,13-14H,2,4-5,7-9H2,1H3. The molecule has 0 amide bonds. The average molecular weight is 273 g/mol. The van der Waals surface area contributed by atoms with Crippen molar-refractivity contribution in [3.05, 3.63) is 23.7 Å². The smallest absolute Gasteiger partial charge is 0.374 e. The van der Waals surface area contributed by atoms with E-state index in [9.17, 15) is 4.79 Å². The molecule has 0 spiro atoms. The van der Waals surface area contributed by atoms with Crippen molar-refractivity contribution in [2.45, 2.75) is 13.0 Å². The zero-order valence-corrected chi connectivity index (χ0v) is 11.3. The number of methoxy groups -OCH3 is 1. The lowest BCUT2D eigenvalue weighted by Gasteiger charge is -2.04. The topological polar surface area (TPSA) is 71.7 Å². The fourth-order valence-corrected chi connectivity index (χ4v) is 2.21. The molecule has 0 saturated heterocycles. The van der Waals surface area contributed by atoms with Crippen LogP contribution in [-0.2, 0) is 11.3 Å². The highest BCUT2D eigenvalue weighted by Crippen LogP contribution is 2.11. The largest absolute Gasteiger partial charge is 0.463 e. The Morgan fingerprint density at radius 2 is 2.39 bits per heavy atom. The first-order valence-corrected chi connectivity index (χ1v) is 6.99. The molecular weight excluding hydrogens is 254 g/mol. The average Bonchev–Trinajstić information content (AvgIpc) is 2.85. The lowest BCUT2D eigenvalue weighted by atomic mass is 10.2. The van der Waals surface area contributed by atoms with Crippen molar-refractivity contribution in [1.29, 1.82) is 0 Å². The minimum Gasteiger partial charge on any atom is -0.463 e. The van der Waals surface area contributed by atoms with Crippen LogP contribution >= 0.6 is 11.8 Å². The van der Waals surface area contributed by atoms with Crippen LogP contribution in [0.2, 0.25) is 0 Å². The first-order valence-electron chi connectivity index (χ1n) is 5.83. The van der Waals surface area contributed by atoms with Gasteiger partial charge in [0, 0.05) is 31.0 Å². The summed E-state index contributed by atoms with van der Waals surface area (Å²) in [5.41, 5.74) is 0.808. The number of ether oxygens (including phenoxy) is 1. The maximum atomic E-state index is 11.3. The van der Waals surface area contributed by atoms with Crippen molar-refractivity contribution in [3.8, 4) is 0 Å². The second-order valence-corrected chi connectivity index (χ2v) is 4.86. The first kappa shape index (κ1) is 15.1. The number of hydrogen-bond donors (Lipinski definition) is 2. The molecule has 102 valence electrons. The molecule has 1 aromatic rings. The van der Waals surface area contributed by atoms with Crippen LogP contribution in [0, 0.1) is 0 Å². The molecule has 0 unspecified atom stereocenters. The van der Waals surface area contributed by atoms with Gasteiger partial charge in [-0.3, -0.25) is 0 Å².